The lowest BCUT2D eigenvalue weighted by atomic mass is 9.54. The fourth-order valence-electron chi connectivity index (χ4n) is 6.95. The molecule has 0 aromatic rings. The minimum atomic E-state index is 0.442. The number of carbonyl (C=O) groups excluding carboxylic acids is 1. The van der Waals surface area contributed by atoms with Crippen molar-refractivity contribution in [1.29, 1.82) is 0 Å². The summed E-state index contributed by atoms with van der Waals surface area (Å²) in [5.74, 6) is 4.55. The van der Waals surface area contributed by atoms with Gasteiger partial charge in [-0.25, -0.2) is 4.79 Å². The highest BCUT2D eigenvalue weighted by molar-refractivity contribution is 5.78. The van der Waals surface area contributed by atoms with Crippen molar-refractivity contribution < 1.29 is 4.79 Å². The molecular weight excluding hydrogens is 272 g/mol. The van der Waals surface area contributed by atoms with Crippen molar-refractivity contribution in [2.45, 2.75) is 75.9 Å². The average Bonchev–Trinajstić information content (AvgIpc) is 3.38. The largest absolute Gasteiger partial charge is 0.320 e. The van der Waals surface area contributed by atoms with Gasteiger partial charge in [0.1, 0.15) is 0 Å². The van der Waals surface area contributed by atoms with Crippen LogP contribution in [0.4, 0.5) is 4.79 Å². The molecule has 0 aromatic heterocycles. The van der Waals surface area contributed by atoms with Crippen molar-refractivity contribution in [3.63, 3.8) is 0 Å². The summed E-state index contributed by atoms with van der Waals surface area (Å²) in [7, 11) is 0. The maximum absolute atomic E-state index is 13.2. The molecule has 7 fully saturated rings. The van der Waals surface area contributed by atoms with Crippen LogP contribution in [-0.2, 0) is 0 Å². The van der Waals surface area contributed by atoms with Crippen molar-refractivity contribution in [1.82, 2.24) is 9.80 Å². The molecule has 120 valence electrons. The van der Waals surface area contributed by atoms with E-state index in [1.54, 1.807) is 0 Å². The molecule has 0 aromatic carbocycles. The highest BCUT2D eigenvalue weighted by atomic mass is 16.2. The Morgan fingerprint density at radius 2 is 1.41 bits per heavy atom. The first-order valence-electron chi connectivity index (χ1n) is 9.87. The Bertz CT molecular complexity index is 482. The van der Waals surface area contributed by atoms with Gasteiger partial charge < -0.3 is 9.80 Å². The molecule has 1 atom stereocenters. The van der Waals surface area contributed by atoms with Gasteiger partial charge in [0.05, 0.1) is 6.04 Å². The van der Waals surface area contributed by atoms with Crippen LogP contribution >= 0.6 is 0 Å². The number of urea groups is 1. The molecule has 1 saturated heterocycles. The maximum Gasteiger partial charge on any atom is 0.320 e. The quantitative estimate of drug-likeness (QED) is 0.782. The van der Waals surface area contributed by atoms with Crippen molar-refractivity contribution in [2.24, 2.45) is 29.6 Å². The third-order valence-electron chi connectivity index (χ3n) is 7.85. The zero-order valence-corrected chi connectivity index (χ0v) is 13.5. The Balaban J connectivity index is 1.30. The van der Waals surface area contributed by atoms with Gasteiger partial charge in [0.25, 0.3) is 0 Å². The van der Waals surface area contributed by atoms with E-state index in [4.69, 9.17) is 0 Å². The van der Waals surface area contributed by atoms with Crippen LogP contribution in [0.15, 0.2) is 0 Å². The van der Waals surface area contributed by atoms with Gasteiger partial charge in [0, 0.05) is 18.6 Å². The topological polar surface area (TPSA) is 23.6 Å². The van der Waals surface area contributed by atoms with Crippen LogP contribution in [0.25, 0.3) is 0 Å². The summed E-state index contributed by atoms with van der Waals surface area (Å²) in [6.45, 7) is 1.08. The second-order valence-corrected chi connectivity index (χ2v) is 9.40. The molecule has 3 heteroatoms. The lowest BCUT2D eigenvalue weighted by molar-refractivity contribution is -0.0475. The van der Waals surface area contributed by atoms with E-state index in [1.807, 2.05) is 0 Å². The van der Waals surface area contributed by atoms with Gasteiger partial charge in [-0.2, -0.15) is 0 Å². The summed E-state index contributed by atoms with van der Waals surface area (Å²) in [6, 6.07) is 2.25. The van der Waals surface area contributed by atoms with Crippen LogP contribution in [-0.4, -0.2) is 40.5 Å². The Morgan fingerprint density at radius 1 is 0.773 bits per heavy atom. The Kier molecular flexibility index (Phi) is 2.42. The Labute approximate surface area is 133 Å². The van der Waals surface area contributed by atoms with Crippen LogP contribution in [0.2, 0.25) is 0 Å². The van der Waals surface area contributed by atoms with E-state index in [-0.39, 0.29) is 0 Å². The van der Waals surface area contributed by atoms with Gasteiger partial charge >= 0.3 is 6.03 Å². The number of hydrogen-bond acceptors (Lipinski definition) is 1. The predicted octanol–water partition coefficient (Wildman–Crippen LogP) is 3.49. The van der Waals surface area contributed by atoms with E-state index in [0.717, 1.165) is 36.1 Å². The van der Waals surface area contributed by atoms with E-state index < -0.39 is 0 Å². The fourth-order valence-corrected chi connectivity index (χ4v) is 6.95. The SMILES string of the molecule is O=C1N(C2C3CC4CC(C3)CC2C4)CC(C2CC2)N1C1CC1. The summed E-state index contributed by atoms with van der Waals surface area (Å²) in [6.07, 6.45) is 12.5. The van der Waals surface area contributed by atoms with Crippen LogP contribution in [0.5, 0.6) is 0 Å². The molecule has 3 nitrogen and oxygen atoms in total. The number of rotatable bonds is 3. The van der Waals surface area contributed by atoms with Crippen LogP contribution in [0.3, 0.4) is 0 Å². The molecule has 4 bridgehead atoms. The Hall–Kier alpha value is -0.730. The number of carbonyl (C=O) groups is 1. The van der Waals surface area contributed by atoms with Crippen LogP contribution in [0.1, 0.15) is 57.8 Å². The molecule has 22 heavy (non-hydrogen) atoms. The van der Waals surface area contributed by atoms with Crippen molar-refractivity contribution in [3.05, 3.63) is 0 Å². The van der Waals surface area contributed by atoms with Crippen molar-refractivity contribution in [3.8, 4) is 0 Å². The molecular formula is C19H28N2O. The monoisotopic (exact) mass is 300 g/mol. The fraction of sp³-hybridized carbons (Fsp3) is 0.947. The maximum atomic E-state index is 13.2. The molecule has 2 amide bonds. The van der Waals surface area contributed by atoms with Crippen molar-refractivity contribution in [2.75, 3.05) is 6.54 Å². The first kappa shape index (κ1) is 12.7. The Morgan fingerprint density at radius 3 is 1.95 bits per heavy atom. The van der Waals surface area contributed by atoms with Gasteiger partial charge in [-0.1, -0.05) is 0 Å². The van der Waals surface area contributed by atoms with E-state index in [2.05, 4.69) is 9.80 Å². The van der Waals surface area contributed by atoms with Crippen LogP contribution < -0.4 is 0 Å². The average molecular weight is 300 g/mol. The molecule has 1 heterocycles. The lowest BCUT2D eigenvalue weighted by Crippen LogP contribution is -2.56. The molecule has 0 spiro atoms. The van der Waals surface area contributed by atoms with Gasteiger partial charge in [-0.3, -0.25) is 0 Å². The summed E-state index contributed by atoms with van der Waals surface area (Å²) in [5.41, 5.74) is 0. The highest BCUT2D eigenvalue weighted by Gasteiger charge is 2.57. The van der Waals surface area contributed by atoms with Gasteiger partial charge in [0.2, 0.25) is 0 Å². The van der Waals surface area contributed by atoms with Gasteiger partial charge in [-0.05, 0) is 87.4 Å². The molecule has 1 aliphatic heterocycles. The summed E-state index contributed by atoms with van der Waals surface area (Å²) < 4.78 is 0. The second kappa shape index (κ2) is 4.21. The third-order valence-corrected chi connectivity index (χ3v) is 7.85. The third kappa shape index (κ3) is 1.71. The minimum Gasteiger partial charge on any atom is -0.319 e. The zero-order chi connectivity index (χ0) is 14.4. The molecule has 6 saturated carbocycles. The number of hydrogen-bond donors (Lipinski definition) is 0. The van der Waals surface area contributed by atoms with E-state index >= 15 is 0 Å². The molecule has 0 N–H and O–H groups in total. The highest BCUT2D eigenvalue weighted by Crippen LogP contribution is 2.56. The zero-order valence-electron chi connectivity index (χ0n) is 13.5. The lowest BCUT2D eigenvalue weighted by Gasteiger charge is -2.56. The minimum absolute atomic E-state index is 0.442. The summed E-state index contributed by atoms with van der Waals surface area (Å²) >= 11 is 0. The number of nitrogens with zero attached hydrogens (tertiary/aromatic N) is 2. The predicted molar refractivity (Wildman–Crippen MR) is 84.3 cm³/mol. The normalized spacial score (nSPS) is 50.3. The van der Waals surface area contributed by atoms with Crippen LogP contribution in [0, 0.1) is 29.6 Å². The molecule has 0 radical (unpaired) electrons. The first-order chi connectivity index (χ1) is 10.8. The van der Waals surface area contributed by atoms with E-state index in [1.165, 1.54) is 57.8 Å². The van der Waals surface area contributed by atoms with E-state index in [0.29, 0.717) is 24.2 Å². The smallest absolute Gasteiger partial charge is 0.319 e. The number of amides is 2. The second-order valence-electron chi connectivity index (χ2n) is 9.40. The van der Waals surface area contributed by atoms with Gasteiger partial charge in [0.15, 0.2) is 0 Å². The van der Waals surface area contributed by atoms with Gasteiger partial charge in [-0.15, -0.1) is 0 Å². The molecule has 6 aliphatic carbocycles. The first-order valence-corrected chi connectivity index (χ1v) is 9.87. The summed E-state index contributed by atoms with van der Waals surface area (Å²) in [5, 5.41) is 0. The standard InChI is InChI=1S/C19H28N2O/c22-19-20(10-17(13-1-2-13)21(19)16-3-4-16)18-14-6-11-5-12(8-14)9-15(18)7-11/h11-18H,1-10H2. The molecule has 7 aliphatic rings. The van der Waals surface area contributed by atoms with Crippen molar-refractivity contribution >= 4 is 6.03 Å². The van der Waals surface area contributed by atoms with E-state index in [9.17, 15) is 4.79 Å². The molecule has 7 rings (SSSR count). The summed E-state index contributed by atoms with van der Waals surface area (Å²) in [4.78, 5) is 18.0. The molecule has 1 unspecified atom stereocenters.